The number of rotatable bonds is 6. The summed E-state index contributed by atoms with van der Waals surface area (Å²) in [5.41, 5.74) is 3.14. The minimum Gasteiger partial charge on any atom is -0.483 e. The Hall–Kier alpha value is -3.02. The molecule has 1 N–H and O–H groups in total. The number of nitrogens with zero attached hydrogens (tertiary/aromatic N) is 1. The summed E-state index contributed by atoms with van der Waals surface area (Å²) < 4.78 is 11.0. The molecule has 0 spiro atoms. The molecule has 1 heterocycles. The van der Waals surface area contributed by atoms with Crippen molar-refractivity contribution in [2.75, 3.05) is 19.7 Å². The van der Waals surface area contributed by atoms with Gasteiger partial charge in [0, 0.05) is 19.1 Å². The van der Waals surface area contributed by atoms with Gasteiger partial charge in [0.2, 0.25) is 0 Å². The molecular weight excluding hydrogens is 368 g/mol. The molecule has 0 aromatic heterocycles. The van der Waals surface area contributed by atoms with E-state index < -0.39 is 6.09 Å². The van der Waals surface area contributed by atoms with Crippen molar-refractivity contribution in [1.82, 2.24) is 10.2 Å². The molecule has 0 radical (unpaired) electrons. The summed E-state index contributed by atoms with van der Waals surface area (Å²) in [5.74, 6) is 0.715. The number of nitrogens with one attached hydrogen (secondary N) is 1. The second-order valence-corrected chi connectivity index (χ2v) is 7.35. The zero-order valence-electron chi connectivity index (χ0n) is 17.0. The summed E-state index contributed by atoms with van der Waals surface area (Å²) in [6, 6.07) is 15.4. The maximum atomic E-state index is 12.4. The van der Waals surface area contributed by atoms with Gasteiger partial charge in [0.1, 0.15) is 12.4 Å². The molecule has 0 bridgehead atoms. The van der Waals surface area contributed by atoms with Crippen LogP contribution in [0.3, 0.4) is 0 Å². The highest BCUT2D eigenvalue weighted by molar-refractivity contribution is 5.78. The highest BCUT2D eigenvalue weighted by atomic mass is 16.5. The predicted molar refractivity (Wildman–Crippen MR) is 111 cm³/mol. The van der Waals surface area contributed by atoms with Gasteiger partial charge in [0.15, 0.2) is 6.61 Å². The molecule has 2 aromatic carbocycles. The Labute approximate surface area is 171 Å². The van der Waals surface area contributed by atoms with Gasteiger partial charge in [0.25, 0.3) is 5.91 Å². The average Bonchev–Trinajstić information content (AvgIpc) is 2.74. The highest BCUT2D eigenvalue weighted by Crippen LogP contribution is 2.21. The largest absolute Gasteiger partial charge is 0.483 e. The fourth-order valence-corrected chi connectivity index (χ4v) is 3.32. The minimum atomic E-state index is -0.420. The SMILES string of the molecule is Cc1cccc(OCC(=O)N2CCC(NC(=O)OCc3ccccc3)CC2)c1C. The van der Waals surface area contributed by atoms with Crippen LogP contribution in [0.4, 0.5) is 4.79 Å². The third-order valence-electron chi connectivity index (χ3n) is 5.29. The van der Waals surface area contributed by atoms with Gasteiger partial charge in [-0.2, -0.15) is 0 Å². The maximum absolute atomic E-state index is 12.4. The van der Waals surface area contributed by atoms with E-state index in [0.29, 0.717) is 25.9 Å². The molecule has 6 heteroatoms. The standard InChI is InChI=1S/C23H28N2O4/c1-17-7-6-10-21(18(17)2)28-16-22(26)25-13-11-20(12-14-25)24-23(27)29-15-19-8-4-3-5-9-19/h3-10,20H,11-16H2,1-2H3,(H,24,27). The van der Waals surface area contributed by atoms with Crippen LogP contribution in [-0.2, 0) is 16.1 Å². The summed E-state index contributed by atoms with van der Waals surface area (Å²) in [6.07, 6.45) is 0.988. The molecule has 0 unspecified atom stereocenters. The maximum Gasteiger partial charge on any atom is 0.407 e. The van der Waals surface area contributed by atoms with Crippen molar-refractivity contribution < 1.29 is 19.1 Å². The fraction of sp³-hybridized carbons (Fsp3) is 0.391. The number of likely N-dealkylation sites (tertiary alicyclic amines) is 1. The van der Waals surface area contributed by atoms with Crippen molar-refractivity contribution in [3.05, 3.63) is 65.2 Å². The first-order valence-electron chi connectivity index (χ1n) is 9.97. The molecule has 1 aliphatic heterocycles. The monoisotopic (exact) mass is 396 g/mol. The van der Waals surface area contributed by atoms with Crippen LogP contribution in [0.2, 0.25) is 0 Å². The zero-order chi connectivity index (χ0) is 20.6. The van der Waals surface area contributed by atoms with Gasteiger partial charge in [-0.25, -0.2) is 4.79 Å². The first-order valence-corrected chi connectivity index (χ1v) is 9.97. The lowest BCUT2D eigenvalue weighted by Gasteiger charge is -2.32. The van der Waals surface area contributed by atoms with E-state index in [4.69, 9.17) is 9.47 Å². The molecule has 6 nitrogen and oxygen atoms in total. The van der Waals surface area contributed by atoms with E-state index in [9.17, 15) is 9.59 Å². The topological polar surface area (TPSA) is 67.9 Å². The van der Waals surface area contributed by atoms with E-state index in [2.05, 4.69) is 5.32 Å². The van der Waals surface area contributed by atoms with Crippen LogP contribution in [0.15, 0.2) is 48.5 Å². The molecule has 3 rings (SSSR count). The summed E-state index contributed by atoms with van der Waals surface area (Å²) in [6.45, 7) is 5.48. The second-order valence-electron chi connectivity index (χ2n) is 7.35. The number of aryl methyl sites for hydroxylation is 1. The number of piperidine rings is 1. The summed E-state index contributed by atoms with van der Waals surface area (Å²) >= 11 is 0. The van der Waals surface area contributed by atoms with Gasteiger partial charge in [0.05, 0.1) is 0 Å². The molecule has 0 atom stereocenters. The smallest absolute Gasteiger partial charge is 0.407 e. The number of carbonyl (C=O) groups excluding carboxylic acids is 2. The number of hydrogen-bond acceptors (Lipinski definition) is 4. The molecule has 2 amide bonds. The number of alkyl carbamates (subject to hydrolysis) is 1. The molecular formula is C23H28N2O4. The number of ether oxygens (including phenoxy) is 2. The quantitative estimate of drug-likeness (QED) is 0.810. The van der Waals surface area contributed by atoms with Crippen LogP contribution in [0.1, 0.15) is 29.5 Å². The van der Waals surface area contributed by atoms with Crippen molar-refractivity contribution in [1.29, 1.82) is 0 Å². The van der Waals surface area contributed by atoms with Gasteiger partial charge in [-0.15, -0.1) is 0 Å². The molecule has 0 saturated carbocycles. The number of carbonyl (C=O) groups is 2. The Morgan fingerprint density at radius 2 is 1.76 bits per heavy atom. The first-order chi connectivity index (χ1) is 14.0. The van der Waals surface area contributed by atoms with E-state index in [1.165, 1.54) is 0 Å². The number of hydrogen-bond donors (Lipinski definition) is 1. The van der Waals surface area contributed by atoms with Gasteiger partial charge in [-0.05, 0) is 49.4 Å². The Balaban J connectivity index is 1.37. The number of benzene rings is 2. The molecule has 1 fully saturated rings. The summed E-state index contributed by atoms with van der Waals surface area (Å²) in [7, 11) is 0. The molecule has 154 valence electrons. The van der Waals surface area contributed by atoms with Gasteiger partial charge < -0.3 is 19.7 Å². The van der Waals surface area contributed by atoms with E-state index in [-0.39, 0.29) is 25.2 Å². The lowest BCUT2D eigenvalue weighted by molar-refractivity contribution is -0.134. The third-order valence-corrected chi connectivity index (χ3v) is 5.29. The van der Waals surface area contributed by atoms with Crippen molar-refractivity contribution in [2.45, 2.75) is 39.3 Å². The van der Waals surface area contributed by atoms with Crippen molar-refractivity contribution in [3.63, 3.8) is 0 Å². The van der Waals surface area contributed by atoms with Crippen LogP contribution < -0.4 is 10.1 Å². The Bertz CT molecular complexity index is 830. The lowest BCUT2D eigenvalue weighted by Crippen LogP contribution is -2.47. The summed E-state index contributed by atoms with van der Waals surface area (Å²) in [4.78, 5) is 26.2. The van der Waals surface area contributed by atoms with Crippen LogP contribution in [-0.4, -0.2) is 42.6 Å². The average molecular weight is 396 g/mol. The Morgan fingerprint density at radius 3 is 2.48 bits per heavy atom. The molecule has 29 heavy (non-hydrogen) atoms. The lowest BCUT2D eigenvalue weighted by atomic mass is 10.1. The van der Waals surface area contributed by atoms with Crippen molar-refractivity contribution >= 4 is 12.0 Å². The zero-order valence-corrected chi connectivity index (χ0v) is 17.0. The molecule has 1 aliphatic rings. The molecule has 0 aliphatic carbocycles. The highest BCUT2D eigenvalue weighted by Gasteiger charge is 2.24. The van der Waals surface area contributed by atoms with Gasteiger partial charge >= 0.3 is 6.09 Å². The first kappa shape index (κ1) is 20.7. The molecule has 1 saturated heterocycles. The van der Waals surface area contributed by atoms with Crippen LogP contribution in [0.25, 0.3) is 0 Å². The Morgan fingerprint density at radius 1 is 1.03 bits per heavy atom. The van der Waals surface area contributed by atoms with Crippen LogP contribution in [0.5, 0.6) is 5.75 Å². The van der Waals surface area contributed by atoms with Gasteiger partial charge in [-0.3, -0.25) is 4.79 Å². The normalized spacial score (nSPS) is 14.3. The van der Waals surface area contributed by atoms with E-state index in [1.54, 1.807) is 4.90 Å². The van der Waals surface area contributed by atoms with Crippen molar-refractivity contribution in [3.8, 4) is 5.75 Å². The van der Waals surface area contributed by atoms with Gasteiger partial charge in [-0.1, -0.05) is 42.5 Å². The van der Waals surface area contributed by atoms with Crippen LogP contribution in [0, 0.1) is 13.8 Å². The fourth-order valence-electron chi connectivity index (χ4n) is 3.32. The van der Waals surface area contributed by atoms with Crippen molar-refractivity contribution in [2.24, 2.45) is 0 Å². The predicted octanol–water partition coefficient (Wildman–Crippen LogP) is 3.60. The van der Waals surface area contributed by atoms with Crippen LogP contribution >= 0.6 is 0 Å². The third kappa shape index (κ3) is 5.98. The number of amides is 2. The van der Waals surface area contributed by atoms with E-state index in [1.807, 2.05) is 62.4 Å². The second kappa shape index (κ2) is 9.96. The molecule has 2 aromatic rings. The Kier molecular flexibility index (Phi) is 7.11. The van der Waals surface area contributed by atoms with E-state index >= 15 is 0 Å². The minimum absolute atomic E-state index is 0.0160. The van der Waals surface area contributed by atoms with E-state index in [0.717, 1.165) is 22.4 Å². The summed E-state index contributed by atoms with van der Waals surface area (Å²) in [5, 5.41) is 2.89.